The number of fused-ring (bicyclic) bond motifs is 1. The number of carbonyl (C=O) groups excluding carboxylic acids is 2. The monoisotopic (exact) mass is 496 g/mol. The molecule has 4 aromatic rings. The first-order valence-electron chi connectivity index (χ1n) is 10.4. The maximum absolute atomic E-state index is 13.3. The van der Waals surface area contributed by atoms with Gasteiger partial charge in [-0.2, -0.15) is 0 Å². The number of carbonyl (C=O) groups is 2. The lowest BCUT2D eigenvalue weighted by molar-refractivity contribution is -0.115. The molecule has 3 aromatic heterocycles. The summed E-state index contributed by atoms with van der Waals surface area (Å²) >= 11 is 5.89. The fourth-order valence-electron chi connectivity index (χ4n) is 3.39. The number of ether oxygens (including phenoxy) is 1. The van der Waals surface area contributed by atoms with Crippen LogP contribution in [0.1, 0.15) is 21.5 Å². The number of halogens is 1. The second-order valence-corrected chi connectivity index (χ2v) is 10.5. The van der Waals surface area contributed by atoms with Crippen molar-refractivity contribution >= 4 is 50.9 Å². The van der Waals surface area contributed by atoms with Crippen molar-refractivity contribution in [3.8, 4) is 0 Å². The summed E-state index contributed by atoms with van der Waals surface area (Å²) in [5, 5.41) is 4.03. The van der Waals surface area contributed by atoms with E-state index >= 15 is 0 Å². The summed E-state index contributed by atoms with van der Waals surface area (Å²) in [6.07, 6.45) is 12.1. The van der Waals surface area contributed by atoms with E-state index in [1.807, 2.05) is 0 Å². The van der Waals surface area contributed by atoms with Crippen LogP contribution in [0.2, 0.25) is 5.02 Å². The Labute approximate surface area is 204 Å². The fraction of sp³-hybridized carbons (Fsp3) is 0.208. The normalized spacial score (nSPS) is 11.2. The number of anilines is 1. The maximum Gasteiger partial charge on any atom is 0.228 e. The molecule has 0 saturated heterocycles. The van der Waals surface area contributed by atoms with Gasteiger partial charge in [-0.15, -0.1) is 0 Å². The molecule has 0 atom stereocenters. The molecule has 34 heavy (non-hydrogen) atoms. The zero-order chi connectivity index (χ0) is 24.1. The van der Waals surface area contributed by atoms with Gasteiger partial charge in [0.2, 0.25) is 11.8 Å². The van der Waals surface area contributed by atoms with E-state index in [9.17, 15) is 9.59 Å². The lowest BCUT2D eigenvalue weighted by Gasteiger charge is -2.07. The summed E-state index contributed by atoms with van der Waals surface area (Å²) in [5.74, 6) is 0.155. The van der Waals surface area contributed by atoms with Crippen LogP contribution in [0.15, 0.2) is 61.4 Å². The molecule has 0 spiro atoms. The summed E-state index contributed by atoms with van der Waals surface area (Å²) in [5.41, 5.74) is 2.67. The smallest absolute Gasteiger partial charge is 0.228 e. The van der Waals surface area contributed by atoms with Crippen molar-refractivity contribution in [2.75, 3.05) is 23.8 Å². The molecule has 0 aliphatic heterocycles. The predicted octanol–water partition coefficient (Wildman–Crippen LogP) is 3.70. The number of hydrogen-bond acceptors (Lipinski definition) is 6. The van der Waals surface area contributed by atoms with Crippen molar-refractivity contribution in [1.29, 1.82) is 0 Å². The highest BCUT2D eigenvalue weighted by molar-refractivity contribution is 7.95. The minimum Gasteiger partial charge on any atom is -0.324 e. The number of benzene rings is 1. The number of nitrogens with one attached hydrogen (secondary N) is 1. The Balaban J connectivity index is 1.52. The van der Waals surface area contributed by atoms with Gasteiger partial charge in [0.15, 0.2) is 5.78 Å². The van der Waals surface area contributed by atoms with E-state index in [2.05, 4.69) is 32.8 Å². The fourth-order valence-corrected chi connectivity index (χ4v) is 3.92. The van der Waals surface area contributed by atoms with E-state index in [0.29, 0.717) is 38.8 Å². The number of aromatic nitrogens is 4. The Kier molecular flexibility index (Phi) is 7.56. The maximum atomic E-state index is 13.3. The van der Waals surface area contributed by atoms with Crippen LogP contribution in [-0.2, 0) is 33.6 Å². The van der Waals surface area contributed by atoms with E-state index in [1.54, 1.807) is 47.3 Å². The number of ketones is 1. The van der Waals surface area contributed by atoms with Gasteiger partial charge in [0, 0.05) is 45.5 Å². The SMILES string of the molecule is C[S+](C)COCn1cc(C(=O)c2cncc(NC(=O)Cc3ccc(Cl)cc3)c2)c2cncnc21. The van der Waals surface area contributed by atoms with Gasteiger partial charge in [0.05, 0.1) is 36.4 Å². The third-order valence-corrected chi connectivity index (χ3v) is 5.78. The average molecular weight is 497 g/mol. The van der Waals surface area contributed by atoms with Crippen LogP contribution in [-0.4, -0.2) is 49.7 Å². The van der Waals surface area contributed by atoms with Gasteiger partial charge >= 0.3 is 0 Å². The number of rotatable bonds is 9. The molecule has 3 heterocycles. The van der Waals surface area contributed by atoms with E-state index in [0.717, 1.165) is 5.56 Å². The molecule has 174 valence electrons. The van der Waals surface area contributed by atoms with Crippen LogP contribution in [0, 0.1) is 0 Å². The van der Waals surface area contributed by atoms with Gasteiger partial charge in [0.1, 0.15) is 18.7 Å². The van der Waals surface area contributed by atoms with Crippen molar-refractivity contribution in [3.05, 3.63) is 83.2 Å². The molecule has 0 radical (unpaired) electrons. The first kappa shape index (κ1) is 23.9. The van der Waals surface area contributed by atoms with Gasteiger partial charge < -0.3 is 14.6 Å². The molecule has 0 bridgehead atoms. The van der Waals surface area contributed by atoms with Crippen LogP contribution < -0.4 is 5.32 Å². The Bertz CT molecular complexity index is 1320. The first-order chi connectivity index (χ1) is 16.4. The number of amides is 1. The topological polar surface area (TPSA) is 99.0 Å². The van der Waals surface area contributed by atoms with E-state index in [4.69, 9.17) is 16.3 Å². The van der Waals surface area contributed by atoms with Gasteiger partial charge in [-0.25, -0.2) is 9.97 Å². The van der Waals surface area contributed by atoms with E-state index < -0.39 is 0 Å². The average Bonchev–Trinajstić information content (AvgIpc) is 3.19. The molecule has 1 aromatic carbocycles. The molecule has 1 amide bonds. The second-order valence-electron chi connectivity index (χ2n) is 7.85. The first-order valence-corrected chi connectivity index (χ1v) is 12.9. The third-order valence-electron chi connectivity index (χ3n) is 4.89. The molecule has 0 unspecified atom stereocenters. The molecule has 8 nitrogen and oxygen atoms in total. The van der Waals surface area contributed by atoms with Gasteiger partial charge in [-0.05, 0) is 23.8 Å². The summed E-state index contributed by atoms with van der Waals surface area (Å²) in [7, 11) is 0.139. The second kappa shape index (κ2) is 10.8. The zero-order valence-electron chi connectivity index (χ0n) is 18.7. The zero-order valence-corrected chi connectivity index (χ0v) is 20.3. The predicted molar refractivity (Wildman–Crippen MR) is 134 cm³/mol. The van der Waals surface area contributed by atoms with E-state index in [1.165, 1.54) is 18.7 Å². The highest BCUT2D eigenvalue weighted by atomic mass is 35.5. The Morgan fingerprint density at radius 1 is 1.12 bits per heavy atom. The highest BCUT2D eigenvalue weighted by Gasteiger charge is 2.19. The molecule has 1 N–H and O–H groups in total. The Morgan fingerprint density at radius 2 is 1.91 bits per heavy atom. The lowest BCUT2D eigenvalue weighted by Crippen LogP contribution is -2.15. The van der Waals surface area contributed by atoms with Crippen LogP contribution in [0.3, 0.4) is 0 Å². The quantitative estimate of drug-likeness (QED) is 0.280. The van der Waals surface area contributed by atoms with Gasteiger partial charge in [0.25, 0.3) is 0 Å². The highest BCUT2D eigenvalue weighted by Crippen LogP contribution is 2.23. The number of nitrogens with zero attached hydrogens (tertiary/aromatic N) is 4. The van der Waals surface area contributed by atoms with Gasteiger partial charge in [-0.1, -0.05) is 23.7 Å². The summed E-state index contributed by atoms with van der Waals surface area (Å²) in [4.78, 5) is 38.3. The molecule has 4 rings (SSSR count). The molecule has 10 heteroatoms. The summed E-state index contributed by atoms with van der Waals surface area (Å²) in [6.45, 7) is 0.283. The molecule has 0 aliphatic carbocycles. The van der Waals surface area contributed by atoms with Crippen LogP contribution in [0.5, 0.6) is 0 Å². The lowest BCUT2D eigenvalue weighted by atomic mass is 10.1. The Hall–Kier alpha value is -3.27. The van der Waals surface area contributed by atoms with Crippen LogP contribution in [0.4, 0.5) is 5.69 Å². The molecule has 0 aliphatic rings. The van der Waals surface area contributed by atoms with Crippen LogP contribution in [0.25, 0.3) is 11.0 Å². The molecular formula is C24H23ClN5O3S+. The van der Waals surface area contributed by atoms with Crippen molar-refractivity contribution in [3.63, 3.8) is 0 Å². The minimum atomic E-state index is -0.245. The minimum absolute atomic E-state index is 0.139. The molecule has 0 fully saturated rings. The molecule has 0 saturated carbocycles. The molecular weight excluding hydrogens is 474 g/mol. The number of pyridine rings is 1. The van der Waals surface area contributed by atoms with Crippen molar-refractivity contribution in [2.24, 2.45) is 0 Å². The number of hydrogen-bond donors (Lipinski definition) is 1. The van der Waals surface area contributed by atoms with Crippen molar-refractivity contribution < 1.29 is 14.3 Å². The largest absolute Gasteiger partial charge is 0.324 e. The van der Waals surface area contributed by atoms with Gasteiger partial charge in [-0.3, -0.25) is 14.6 Å². The van der Waals surface area contributed by atoms with Crippen molar-refractivity contribution in [1.82, 2.24) is 19.5 Å². The standard InChI is InChI=1S/C24H22ClN5O3S/c1-34(2)15-33-14-30-12-21(20-11-27-13-28-24(20)30)23(32)17-8-19(10-26-9-17)29-22(31)7-16-3-5-18(25)6-4-16/h3-6,8-13H,7,14-15H2,1-2H3/p+1. The summed E-state index contributed by atoms with van der Waals surface area (Å²) < 4.78 is 7.54. The third kappa shape index (κ3) is 5.80. The summed E-state index contributed by atoms with van der Waals surface area (Å²) in [6, 6.07) is 8.67. The van der Waals surface area contributed by atoms with E-state index in [-0.39, 0.29) is 35.7 Å². The van der Waals surface area contributed by atoms with Crippen molar-refractivity contribution in [2.45, 2.75) is 13.2 Å². The van der Waals surface area contributed by atoms with Crippen LogP contribution >= 0.6 is 11.6 Å². The Morgan fingerprint density at radius 3 is 2.68 bits per heavy atom.